The maximum Gasteiger partial charge on any atom is 0.141 e. The average molecular weight is 312 g/mol. The van der Waals surface area contributed by atoms with E-state index >= 15 is 0 Å². The number of rotatable bonds is 3. The van der Waals surface area contributed by atoms with E-state index in [1.54, 1.807) is 7.11 Å². The lowest BCUT2D eigenvalue weighted by atomic mass is 9.88. The van der Waals surface area contributed by atoms with Gasteiger partial charge in [-0.3, -0.25) is 0 Å². The van der Waals surface area contributed by atoms with Gasteiger partial charge < -0.3 is 10.5 Å². The van der Waals surface area contributed by atoms with Gasteiger partial charge >= 0.3 is 0 Å². The number of ether oxygens (including phenoxy) is 1. The summed E-state index contributed by atoms with van der Waals surface area (Å²) in [4.78, 5) is 9.14. The summed E-state index contributed by atoms with van der Waals surface area (Å²) in [5.74, 6) is 3.63. The van der Waals surface area contributed by atoms with Crippen LogP contribution < -0.4 is 5.73 Å². The second-order valence-corrected chi connectivity index (χ2v) is 6.24. The molecule has 1 heterocycles. The number of nitrogen functional groups attached to an aromatic ring is 1. The number of aromatic nitrogens is 2. The molecule has 4 nitrogen and oxygen atoms in total. The van der Waals surface area contributed by atoms with Gasteiger partial charge in [-0.2, -0.15) is 0 Å². The van der Waals surface area contributed by atoms with Crippen LogP contribution >= 0.6 is 15.9 Å². The van der Waals surface area contributed by atoms with E-state index in [1.165, 1.54) is 25.7 Å². The van der Waals surface area contributed by atoms with Gasteiger partial charge in [0.2, 0.25) is 0 Å². The average Bonchev–Trinajstić information content (AvgIpc) is 2.97. The molecule has 2 N–H and O–H groups in total. The lowest BCUT2D eigenvalue weighted by Gasteiger charge is -2.21. The Bertz CT molecular complexity index is 466. The number of nitrogens with two attached hydrogens (primary N) is 1. The third kappa shape index (κ3) is 2.03. The fourth-order valence-electron chi connectivity index (χ4n) is 3.49. The molecular formula is C13H18BrN3O. The highest BCUT2D eigenvalue weighted by molar-refractivity contribution is 9.10. The molecule has 1 aromatic heterocycles. The van der Waals surface area contributed by atoms with Crippen LogP contribution in [0.15, 0.2) is 4.47 Å². The number of methoxy groups -OCH3 is 1. The van der Waals surface area contributed by atoms with Crippen LogP contribution in [0.1, 0.15) is 43.1 Å². The number of nitrogens with zero attached hydrogens (tertiary/aromatic N) is 2. The molecule has 98 valence electrons. The zero-order chi connectivity index (χ0) is 12.7. The van der Waals surface area contributed by atoms with Crippen LogP contribution in [-0.4, -0.2) is 17.1 Å². The summed E-state index contributed by atoms with van der Waals surface area (Å²) in [6, 6.07) is 0. The summed E-state index contributed by atoms with van der Waals surface area (Å²) in [6.45, 7) is 0.473. The first-order valence-corrected chi connectivity index (χ1v) is 7.29. The Labute approximate surface area is 115 Å². The van der Waals surface area contributed by atoms with Crippen LogP contribution in [0.4, 0.5) is 5.82 Å². The highest BCUT2D eigenvalue weighted by atomic mass is 79.9. The van der Waals surface area contributed by atoms with Crippen LogP contribution in [0.3, 0.4) is 0 Å². The van der Waals surface area contributed by atoms with Gasteiger partial charge in [-0.25, -0.2) is 9.97 Å². The minimum absolute atomic E-state index is 0.473. The van der Waals surface area contributed by atoms with Crippen LogP contribution in [-0.2, 0) is 11.3 Å². The third-order valence-corrected chi connectivity index (χ3v) is 5.18. The number of fused-ring (bicyclic) bond motifs is 2. The Hall–Kier alpha value is -0.680. The Balaban J connectivity index is 1.92. The largest absolute Gasteiger partial charge is 0.383 e. The zero-order valence-electron chi connectivity index (χ0n) is 10.5. The molecule has 3 atom stereocenters. The SMILES string of the molecule is COCc1nc(C2CC3CCC2C3)nc(N)c1Br. The smallest absolute Gasteiger partial charge is 0.141 e. The Kier molecular flexibility index (Phi) is 3.28. The molecule has 3 unspecified atom stereocenters. The summed E-state index contributed by atoms with van der Waals surface area (Å²) in [5, 5.41) is 0. The fraction of sp³-hybridized carbons (Fsp3) is 0.692. The molecule has 0 radical (unpaired) electrons. The van der Waals surface area contributed by atoms with Gasteiger partial charge in [-0.1, -0.05) is 6.42 Å². The molecule has 5 heteroatoms. The Morgan fingerprint density at radius 2 is 2.17 bits per heavy atom. The quantitative estimate of drug-likeness (QED) is 0.932. The van der Waals surface area contributed by atoms with Gasteiger partial charge in [0.1, 0.15) is 11.6 Å². The van der Waals surface area contributed by atoms with E-state index in [0.717, 1.165) is 27.8 Å². The van der Waals surface area contributed by atoms with Crippen molar-refractivity contribution in [3.63, 3.8) is 0 Å². The molecule has 2 saturated carbocycles. The van der Waals surface area contributed by atoms with Crippen LogP contribution in [0.5, 0.6) is 0 Å². The Morgan fingerprint density at radius 1 is 1.33 bits per heavy atom. The molecule has 2 fully saturated rings. The molecular weight excluding hydrogens is 294 g/mol. The Morgan fingerprint density at radius 3 is 2.78 bits per heavy atom. The van der Waals surface area contributed by atoms with Gasteiger partial charge in [0.25, 0.3) is 0 Å². The van der Waals surface area contributed by atoms with Crippen molar-refractivity contribution >= 4 is 21.7 Å². The van der Waals surface area contributed by atoms with E-state index in [4.69, 9.17) is 10.5 Å². The van der Waals surface area contributed by atoms with E-state index < -0.39 is 0 Å². The number of hydrogen-bond acceptors (Lipinski definition) is 4. The molecule has 0 saturated heterocycles. The topological polar surface area (TPSA) is 61.0 Å². The highest BCUT2D eigenvalue weighted by Crippen LogP contribution is 2.52. The summed E-state index contributed by atoms with van der Waals surface area (Å²) in [6.07, 6.45) is 5.30. The summed E-state index contributed by atoms with van der Waals surface area (Å²) in [7, 11) is 1.67. The minimum atomic E-state index is 0.473. The molecule has 3 rings (SSSR count). The molecule has 2 bridgehead atoms. The molecule has 0 spiro atoms. The van der Waals surface area contributed by atoms with Crippen LogP contribution in [0.25, 0.3) is 0 Å². The predicted molar refractivity (Wildman–Crippen MR) is 73.0 cm³/mol. The third-order valence-electron chi connectivity index (χ3n) is 4.31. The molecule has 2 aliphatic carbocycles. The molecule has 0 aromatic carbocycles. The van der Waals surface area contributed by atoms with Crippen molar-refractivity contribution in [2.75, 3.05) is 12.8 Å². The maximum atomic E-state index is 5.96. The maximum absolute atomic E-state index is 5.96. The van der Waals surface area contributed by atoms with Crippen molar-refractivity contribution < 1.29 is 4.74 Å². The number of halogens is 1. The molecule has 1 aromatic rings. The minimum Gasteiger partial charge on any atom is -0.383 e. The molecule has 2 aliphatic rings. The first kappa shape index (κ1) is 12.4. The summed E-state index contributed by atoms with van der Waals surface area (Å²) >= 11 is 3.43. The molecule has 0 amide bonds. The molecule has 0 aliphatic heterocycles. The summed E-state index contributed by atoms with van der Waals surface area (Å²) < 4.78 is 5.94. The number of hydrogen-bond donors (Lipinski definition) is 1. The van der Waals surface area contributed by atoms with E-state index in [9.17, 15) is 0 Å². The van der Waals surface area contributed by atoms with Crippen molar-refractivity contribution in [3.05, 3.63) is 16.0 Å². The first-order chi connectivity index (χ1) is 8.69. The fourth-order valence-corrected chi connectivity index (χ4v) is 3.78. The standard InChI is InChI=1S/C13H18BrN3O/c1-18-6-10-11(14)12(15)17-13(16-10)9-5-7-2-3-8(9)4-7/h7-9H,2-6H2,1H3,(H2,15,16,17). The highest BCUT2D eigenvalue weighted by Gasteiger charge is 2.41. The predicted octanol–water partition coefficient (Wildman–Crippen LogP) is 2.87. The van der Waals surface area contributed by atoms with E-state index in [2.05, 4.69) is 25.9 Å². The van der Waals surface area contributed by atoms with Crippen LogP contribution in [0, 0.1) is 11.8 Å². The van der Waals surface area contributed by atoms with E-state index in [0.29, 0.717) is 18.3 Å². The summed E-state index contributed by atoms with van der Waals surface area (Å²) in [5.41, 5.74) is 6.83. The molecule has 18 heavy (non-hydrogen) atoms. The van der Waals surface area contributed by atoms with Crippen molar-refractivity contribution in [3.8, 4) is 0 Å². The van der Waals surface area contributed by atoms with E-state index in [-0.39, 0.29) is 0 Å². The second kappa shape index (κ2) is 4.78. The van der Waals surface area contributed by atoms with Gasteiger partial charge in [-0.15, -0.1) is 0 Å². The zero-order valence-corrected chi connectivity index (χ0v) is 12.1. The lowest BCUT2D eigenvalue weighted by Crippen LogP contribution is -2.15. The van der Waals surface area contributed by atoms with Gasteiger partial charge in [-0.05, 0) is 47.0 Å². The number of anilines is 1. The lowest BCUT2D eigenvalue weighted by molar-refractivity contribution is 0.180. The van der Waals surface area contributed by atoms with Crippen molar-refractivity contribution in [2.24, 2.45) is 11.8 Å². The normalized spacial score (nSPS) is 30.0. The van der Waals surface area contributed by atoms with Crippen molar-refractivity contribution in [2.45, 2.75) is 38.2 Å². The van der Waals surface area contributed by atoms with Gasteiger partial charge in [0.05, 0.1) is 16.8 Å². The van der Waals surface area contributed by atoms with Crippen molar-refractivity contribution in [1.29, 1.82) is 0 Å². The first-order valence-electron chi connectivity index (χ1n) is 6.49. The monoisotopic (exact) mass is 311 g/mol. The van der Waals surface area contributed by atoms with Gasteiger partial charge in [0.15, 0.2) is 0 Å². The second-order valence-electron chi connectivity index (χ2n) is 5.44. The van der Waals surface area contributed by atoms with Crippen molar-refractivity contribution in [1.82, 2.24) is 9.97 Å². The van der Waals surface area contributed by atoms with Crippen LogP contribution in [0.2, 0.25) is 0 Å². The van der Waals surface area contributed by atoms with Gasteiger partial charge in [0, 0.05) is 13.0 Å². The van der Waals surface area contributed by atoms with E-state index in [1.807, 2.05) is 0 Å².